The molecule has 0 saturated carbocycles. The van der Waals surface area contributed by atoms with Gasteiger partial charge in [0.2, 0.25) is 0 Å². The largest absolute Gasteiger partial charge is 0.480 e. The number of aryl methyl sites for hydroxylation is 1. The van der Waals surface area contributed by atoms with Gasteiger partial charge in [0.05, 0.1) is 5.69 Å². The van der Waals surface area contributed by atoms with Crippen molar-refractivity contribution in [2.24, 2.45) is 0 Å². The van der Waals surface area contributed by atoms with E-state index in [9.17, 15) is 19.5 Å². The van der Waals surface area contributed by atoms with Gasteiger partial charge in [0.1, 0.15) is 11.1 Å². The van der Waals surface area contributed by atoms with Gasteiger partial charge in [-0.15, -0.1) is 0 Å². The maximum absolute atomic E-state index is 12.3. The summed E-state index contributed by atoms with van der Waals surface area (Å²) >= 11 is 0. The van der Waals surface area contributed by atoms with Crippen molar-refractivity contribution in [1.29, 1.82) is 0 Å². The second-order valence-corrected chi connectivity index (χ2v) is 4.69. The zero-order valence-electron chi connectivity index (χ0n) is 12.0. The van der Waals surface area contributed by atoms with Crippen LogP contribution in [0.25, 0.3) is 0 Å². The lowest BCUT2D eigenvalue weighted by molar-refractivity contribution is -0.144. The van der Waals surface area contributed by atoms with E-state index in [1.54, 1.807) is 27.7 Å². The van der Waals surface area contributed by atoms with Crippen LogP contribution in [-0.4, -0.2) is 32.7 Å². The van der Waals surface area contributed by atoms with E-state index in [4.69, 9.17) is 0 Å². The van der Waals surface area contributed by atoms with Gasteiger partial charge in [0.25, 0.3) is 11.5 Å². The summed E-state index contributed by atoms with van der Waals surface area (Å²) in [5, 5.41) is 17.8. The second-order valence-electron chi connectivity index (χ2n) is 4.69. The minimum Gasteiger partial charge on any atom is -0.480 e. The molecule has 1 rings (SSSR count). The van der Waals surface area contributed by atoms with Gasteiger partial charge in [0, 0.05) is 0 Å². The van der Waals surface area contributed by atoms with Gasteiger partial charge in [-0.05, 0) is 32.3 Å². The fourth-order valence-corrected chi connectivity index (χ4v) is 1.96. The molecule has 0 bridgehead atoms. The van der Waals surface area contributed by atoms with E-state index in [1.807, 2.05) is 0 Å². The third-order valence-corrected chi connectivity index (χ3v) is 3.67. The number of carbonyl (C=O) groups excluding carboxylic acids is 1. The van der Waals surface area contributed by atoms with Crippen molar-refractivity contribution in [1.82, 2.24) is 15.5 Å². The Kier molecular flexibility index (Phi) is 4.65. The van der Waals surface area contributed by atoms with E-state index >= 15 is 0 Å². The topological polar surface area (TPSA) is 112 Å². The van der Waals surface area contributed by atoms with Crippen LogP contribution in [0, 0.1) is 13.8 Å². The van der Waals surface area contributed by atoms with Crippen molar-refractivity contribution < 1.29 is 14.7 Å². The van der Waals surface area contributed by atoms with Crippen LogP contribution in [0.15, 0.2) is 4.79 Å². The predicted octanol–water partition coefficient (Wildman–Crippen LogP) is 0.760. The van der Waals surface area contributed by atoms with Gasteiger partial charge in [-0.25, -0.2) is 9.89 Å². The molecule has 3 N–H and O–H groups in total. The van der Waals surface area contributed by atoms with E-state index in [0.717, 1.165) is 0 Å². The summed E-state index contributed by atoms with van der Waals surface area (Å²) in [4.78, 5) is 35.4. The van der Waals surface area contributed by atoms with Crippen LogP contribution >= 0.6 is 0 Å². The summed E-state index contributed by atoms with van der Waals surface area (Å²) in [5.74, 6) is -1.81. The summed E-state index contributed by atoms with van der Waals surface area (Å²) in [7, 11) is 0. The van der Waals surface area contributed by atoms with Crippen molar-refractivity contribution >= 4 is 11.9 Å². The lowest BCUT2D eigenvalue weighted by Crippen LogP contribution is -2.54. The van der Waals surface area contributed by atoms with Gasteiger partial charge in [-0.3, -0.25) is 9.59 Å². The molecule has 1 aromatic heterocycles. The Labute approximate surface area is 116 Å². The Bertz CT molecular complexity index is 588. The fourth-order valence-electron chi connectivity index (χ4n) is 1.96. The summed E-state index contributed by atoms with van der Waals surface area (Å²) in [6.07, 6.45) is 0.456. The van der Waals surface area contributed by atoms with E-state index in [2.05, 4.69) is 15.5 Å². The van der Waals surface area contributed by atoms with Gasteiger partial charge in [0.15, 0.2) is 0 Å². The molecule has 20 heavy (non-hydrogen) atoms. The first-order valence-electron chi connectivity index (χ1n) is 6.40. The lowest BCUT2D eigenvalue weighted by Gasteiger charge is -2.28. The number of carboxylic acid groups (broad SMARTS) is 1. The standard InChI is InChI=1S/C13H19N3O4/c1-5-13(6-2,12(19)20)14-10(17)9-7(3)8(4)15-16-11(9)18/h5-6H2,1-4H3,(H,14,17)(H,16,18)(H,19,20). The maximum Gasteiger partial charge on any atom is 0.329 e. The van der Waals surface area contributed by atoms with Crippen molar-refractivity contribution in [2.75, 3.05) is 0 Å². The molecular weight excluding hydrogens is 262 g/mol. The summed E-state index contributed by atoms with van der Waals surface area (Å²) < 4.78 is 0. The van der Waals surface area contributed by atoms with Gasteiger partial charge in [-0.2, -0.15) is 5.10 Å². The van der Waals surface area contributed by atoms with Crippen LogP contribution in [0.5, 0.6) is 0 Å². The van der Waals surface area contributed by atoms with Crippen molar-refractivity contribution in [3.05, 3.63) is 27.2 Å². The molecule has 7 heteroatoms. The smallest absolute Gasteiger partial charge is 0.329 e. The molecule has 0 aliphatic rings. The molecule has 0 fully saturated rings. The molecule has 0 atom stereocenters. The van der Waals surface area contributed by atoms with Crippen molar-refractivity contribution in [3.63, 3.8) is 0 Å². The average molecular weight is 281 g/mol. The van der Waals surface area contributed by atoms with E-state index in [1.165, 1.54) is 0 Å². The Morgan fingerprint density at radius 2 is 1.85 bits per heavy atom. The fraction of sp³-hybridized carbons (Fsp3) is 0.538. The minimum atomic E-state index is -1.37. The van der Waals surface area contributed by atoms with Crippen LogP contribution in [0.4, 0.5) is 0 Å². The average Bonchev–Trinajstić information content (AvgIpc) is 2.40. The summed E-state index contributed by atoms with van der Waals surface area (Å²) in [5.41, 5.74) is -1.13. The van der Waals surface area contributed by atoms with E-state index < -0.39 is 23.0 Å². The molecule has 0 aliphatic carbocycles. The number of nitrogens with one attached hydrogen (secondary N) is 2. The third-order valence-electron chi connectivity index (χ3n) is 3.67. The molecule has 1 heterocycles. The number of aliphatic carboxylic acids is 1. The van der Waals surface area contributed by atoms with Crippen LogP contribution in [0.3, 0.4) is 0 Å². The number of carboxylic acids is 1. The van der Waals surface area contributed by atoms with Crippen LogP contribution in [-0.2, 0) is 4.79 Å². The zero-order valence-corrected chi connectivity index (χ0v) is 12.0. The lowest BCUT2D eigenvalue weighted by atomic mass is 9.92. The van der Waals surface area contributed by atoms with Gasteiger partial charge in [-0.1, -0.05) is 13.8 Å². The molecule has 1 amide bonds. The first kappa shape index (κ1) is 15.9. The number of aromatic amines is 1. The molecule has 0 aromatic carbocycles. The highest BCUT2D eigenvalue weighted by atomic mass is 16.4. The van der Waals surface area contributed by atoms with Crippen LogP contribution < -0.4 is 10.9 Å². The van der Waals surface area contributed by atoms with E-state index in [0.29, 0.717) is 11.3 Å². The molecule has 0 aliphatic heterocycles. The normalized spacial score (nSPS) is 11.2. The highest BCUT2D eigenvalue weighted by Crippen LogP contribution is 2.17. The highest BCUT2D eigenvalue weighted by Gasteiger charge is 2.37. The number of hydrogen-bond donors (Lipinski definition) is 3. The quantitative estimate of drug-likeness (QED) is 0.737. The number of rotatable bonds is 5. The molecule has 0 radical (unpaired) electrons. The van der Waals surface area contributed by atoms with Crippen LogP contribution in [0.1, 0.15) is 48.3 Å². The first-order chi connectivity index (χ1) is 9.29. The Morgan fingerprint density at radius 1 is 1.30 bits per heavy atom. The Morgan fingerprint density at radius 3 is 2.30 bits per heavy atom. The molecule has 0 spiro atoms. The Balaban J connectivity index is 3.24. The number of amides is 1. The second kappa shape index (κ2) is 5.85. The van der Waals surface area contributed by atoms with Gasteiger partial charge >= 0.3 is 5.97 Å². The molecule has 0 unspecified atom stereocenters. The van der Waals surface area contributed by atoms with Gasteiger partial charge < -0.3 is 10.4 Å². The Hall–Kier alpha value is -2.18. The molecule has 7 nitrogen and oxygen atoms in total. The van der Waals surface area contributed by atoms with Crippen LogP contribution in [0.2, 0.25) is 0 Å². The minimum absolute atomic E-state index is 0.0926. The number of nitrogens with zero attached hydrogens (tertiary/aromatic N) is 1. The van der Waals surface area contributed by atoms with Crippen molar-refractivity contribution in [3.8, 4) is 0 Å². The first-order valence-corrected chi connectivity index (χ1v) is 6.40. The maximum atomic E-state index is 12.3. The molecule has 1 aromatic rings. The number of aromatic nitrogens is 2. The summed E-state index contributed by atoms with van der Waals surface area (Å²) in [6.45, 7) is 6.61. The van der Waals surface area contributed by atoms with Crippen molar-refractivity contribution in [2.45, 2.75) is 46.1 Å². The highest BCUT2D eigenvalue weighted by molar-refractivity contribution is 5.98. The molecule has 110 valence electrons. The summed E-state index contributed by atoms with van der Waals surface area (Å²) in [6, 6.07) is 0. The number of hydrogen-bond acceptors (Lipinski definition) is 4. The molecule has 0 saturated heterocycles. The predicted molar refractivity (Wildman–Crippen MR) is 72.7 cm³/mol. The number of H-pyrrole nitrogens is 1. The zero-order chi connectivity index (χ0) is 15.5. The third kappa shape index (κ3) is 2.71. The number of carbonyl (C=O) groups is 2. The van der Waals surface area contributed by atoms with E-state index in [-0.39, 0.29) is 18.4 Å². The SMILES string of the molecule is CCC(CC)(NC(=O)c1c(C)c(C)n[nH]c1=O)C(=O)O. The molecular formula is C13H19N3O4. The monoisotopic (exact) mass is 281 g/mol.